The van der Waals surface area contributed by atoms with Gasteiger partial charge in [-0.25, -0.2) is 9.37 Å². The number of anilines is 1. The predicted octanol–water partition coefficient (Wildman–Crippen LogP) is 2.82. The highest BCUT2D eigenvalue weighted by molar-refractivity contribution is 6.09. The van der Waals surface area contributed by atoms with Crippen molar-refractivity contribution in [3.63, 3.8) is 0 Å². The maximum Gasteiger partial charge on any atom is 0.311 e. The van der Waals surface area contributed by atoms with Crippen LogP contribution < -0.4 is 4.90 Å². The second-order valence-corrected chi connectivity index (χ2v) is 6.51. The molecular formula is C19H15FN4O3. The van der Waals surface area contributed by atoms with Gasteiger partial charge in [0.25, 0.3) is 0 Å². The molecular weight excluding hydrogens is 351 g/mol. The summed E-state index contributed by atoms with van der Waals surface area (Å²) in [5, 5.41) is 15.2. The Labute approximate surface area is 154 Å². The van der Waals surface area contributed by atoms with Crippen molar-refractivity contribution in [3.05, 3.63) is 63.6 Å². The van der Waals surface area contributed by atoms with E-state index in [1.165, 1.54) is 18.2 Å². The predicted molar refractivity (Wildman–Crippen MR) is 97.0 cm³/mol. The first kappa shape index (κ1) is 17.0. The summed E-state index contributed by atoms with van der Waals surface area (Å²) >= 11 is 0. The molecule has 3 heterocycles. The Balaban J connectivity index is 1.56. The smallest absolute Gasteiger partial charge is 0.311 e. The van der Waals surface area contributed by atoms with Crippen molar-refractivity contribution in [2.45, 2.75) is 18.9 Å². The number of aryl methyl sites for hydroxylation is 1. The third-order valence-electron chi connectivity index (χ3n) is 4.61. The van der Waals surface area contributed by atoms with Crippen LogP contribution in [0.4, 0.5) is 15.9 Å². The van der Waals surface area contributed by atoms with Gasteiger partial charge >= 0.3 is 5.69 Å². The lowest BCUT2D eigenvalue weighted by molar-refractivity contribution is -0.384. The topological polar surface area (TPSA) is 80.9 Å². The first-order valence-electron chi connectivity index (χ1n) is 8.38. The van der Waals surface area contributed by atoms with Crippen LogP contribution in [0.3, 0.4) is 0 Å². The molecule has 8 heteroatoms. The van der Waals surface area contributed by atoms with Crippen molar-refractivity contribution in [3.8, 4) is 11.8 Å². The maximum atomic E-state index is 13.3. The molecule has 2 aliphatic heterocycles. The van der Waals surface area contributed by atoms with Gasteiger partial charge in [0.15, 0.2) is 5.71 Å². The van der Waals surface area contributed by atoms with E-state index in [4.69, 9.17) is 4.84 Å². The minimum atomic E-state index is -0.695. The van der Waals surface area contributed by atoms with E-state index in [9.17, 15) is 14.5 Å². The van der Waals surface area contributed by atoms with Crippen molar-refractivity contribution < 1.29 is 14.2 Å². The first-order valence-corrected chi connectivity index (χ1v) is 8.38. The Kier molecular flexibility index (Phi) is 4.00. The molecule has 0 radical (unpaired) electrons. The highest BCUT2D eigenvalue weighted by Crippen LogP contribution is 2.38. The largest absolute Gasteiger partial charge is 0.379 e. The van der Waals surface area contributed by atoms with Crippen molar-refractivity contribution >= 4 is 17.2 Å². The molecule has 0 saturated carbocycles. The van der Waals surface area contributed by atoms with Crippen LogP contribution in [0, 0.1) is 34.7 Å². The number of halogens is 1. The van der Waals surface area contributed by atoms with Gasteiger partial charge in [0.05, 0.1) is 11.5 Å². The molecule has 1 aromatic heterocycles. The van der Waals surface area contributed by atoms with Crippen LogP contribution in [0.15, 0.2) is 41.6 Å². The molecule has 0 N–H and O–H groups in total. The summed E-state index contributed by atoms with van der Waals surface area (Å²) in [6.07, 6.45) is 0.594. The third kappa shape index (κ3) is 3.08. The van der Waals surface area contributed by atoms with E-state index in [1.54, 1.807) is 25.1 Å². The third-order valence-corrected chi connectivity index (χ3v) is 4.61. The van der Waals surface area contributed by atoms with E-state index in [0.29, 0.717) is 42.3 Å². The van der Waals surface area contributed by atoms with E-state index in [0.717, 1.165) is 0 Å². The van der Waals surface area contributed by atoms with Gasteiger partial charge in [-0.15, -0.1) is 0 Å². The summed E-state index contributed by atoms with van der Waals surface area (Å²) < 4.78 is 13.3. The number of hydrogen-bond donors (Lipinski definition) is 0. The van der Waals surface area contributed by atoms with E-state index in [1.807, 2.05) is 4.90 Å². The SMILES string of the molecule is Cc1ccc([N+](=O)[O-])c(N2CCC3(C2)ON=C3C#Cc2cccc(F)c2)n1. The summed E-state index contributed by atoms with van der Waals surface area (Å²) in [6, 6.07) is 9.08. The van der Waals surface area contributed by atoms with Crippen molar-refractivity contribution in [2.75, 3.05) is 18.0 Å². The molecule has 7 nitrogen and oxygen atoms in total. The highest BCUT2D eigenvalue weighted by atomic mass is 19.1. The summed E-state index contributed by atoms with van der Waals surface area (Å²) in [7, 11) is 0. The van der Waals surface area contributed by atoms with Crippen LogP contribution >= 0.6 is 0 Å². The van der Waals surface area contributed by atoms with Crippen molar-refractivity contribution in [2.24, 2.45) is 5.16 Å². The minimum absolute atomic E-state index is 0.0405. The molecule has 1 atom stereocenters. The van der Waals surface area contributed by atoms with Gasteiger partial charge in [-0.05, 0) is 37.1 Å². The minimum Gasteiger partial charge on any atom is -0.379 e. The number of aromatic nitrogens is 1. The van der Waals surface area contributed by atoms with E-state index in [-0.39, 0.29) is 11.5 Å². The van der Waals surface area contributed by atoms with Gasteiger partial charge in [-0.1, -0.05) is 17.1 Å². The fraction of sp³-hybridized carbons (Fsp3) is 0.263. The molecule has 0 bridgehead atoms. The summed E-state index contributed by atoms with van der Waals surface area (Å²) in [5.41, 5.74) is 1.07. The number of nitrogens with zero attached hydrogens (tertiary/aromatic N) is 4. The average molecular weight is 366 g/mol. The average Bonchev–Trinajstić information content (AvgIpc) is 3.08. The number of oxime groups is 1. The van der Waals surface area contributed by atoms with Gasteiger partial charge in [0.1, 0.15) is 5.82 Å². The molecule has 1 unspecified atom stereocenters. The van der Waals surface area contributed by atoms with Gasteiger partial charge in [0.2, 0.25) is 11.4 Å². The van der Waals surface area contributed by atoms with Crippen molar-refractivity contribution in [1.82, 2.24) is 4.98 Å². The Morgan fingerprint density at radius 1 is 1.33 bits per heavy atom. The van der Waals surface area contributed by atoms with Gasteiger partial charge in [0, 0.05) is 30.3 Å². The van der Waals surface area contributed by atoms with Gasteiger partial charge < -0.3 is 9.74 Å². The number of benzene rings is 1. The summed E-state index contributed by atoms with van der Waals surface area (Å²) in [5.74, 6) is 5.80. The molecule has 1 spiro atoms. The van der Waals surface area contributed by atoms with Crippen LogP contribution in [0.2, 0.25) is 0 Å². The zero-order chi connectivity index (χ0) is 19.0. The quantitative estimate of drug-likeness (QED) is 0.464. The fourth-order valence-corrected chi connectivity index (χ4v) is 3.20. The van der Waals surface area contributed by atoms with Gasteiger partial charge in [-0.2, -0.15) is 0 Å². The maximum absolute atomic E-state index is 13.3. The number of hydrogen-bond acceptors (Lipinski definition) is 6. The molecule has 1 fully saturated rings. The molecule has 27 heavy (non-hydrogen) atoms. The molecule has 2 aromatic rings. The molecule has 136 valence electrons. The first-order chi connectivity index (χ1) is 13.0. The Bertz CT molecular complexity index is 1030. The van der Waals surface area contributed by atoms with Gasteiger partial charge in [-0.3, -0.25) is 10.1 Å². The zero-order valence-corrected chi connectivity index (χ0v) is 14.5. The van der Waals surface area contributed by atoms with E-state index in [2.05, 4.69) is 22.0 Å². The normalized spacial score (nSPS) is 20.4. The van der Waals surface area contributed by atoms with E-state index < -0.39 is 10.5 Å². The number of rotatable bonds is 2. The Morgan fingerprint density at radius 2 is 2.19 bits per heavy atom. The van der Waals surface area contributed by atoms with Crippen molar-refractivity contribution in [1.29, 1.82) is 0 Å². The number of pyridine rings is 1. The highest BCUT2D eigenvalue weighted by Gasteiger charge is 2.52. The van der Waals surface area contributed by atoms with Crippen LogP contribution in [0.25, 0.3) is 0 Å². The lowest BCUT2D eigenvalue weighted by Gasteiger charge is -2.32. The fourth-order valence-electron chi connectivity index (χ4n) is 3.20. The number of nitro groups is 1. The standard InChI is InChI=1S/C19H15FN4O3/c1-13-5-7-16(24(25)26)18(21-13)23-10-9-19(12-23)17(22-27-19)8-6-14-3-2-4-15(20)11-14/h2-5,7,11H,9-10,12H2,1H3. The molecule has 0 amide bonds. The zero-order valence-electron chi connectivity index (χ0n) is 14.5. The molecule has 1 aromatic carbocycles. The van der Waals surface area contributed by atoms with Crippen LogP contribution in [-0.2, 0) is 4.84 Å². The van der Waals surface area contributed by atoms with Crippen LogP contribution in [0.5, 0.6) is 0 Å². The second kappa shape index (κ2) is 6.36. The lowest BCUT2D eigenvalue weighted by atomic mass is 9.94. The van der Waals surface area contributed by atoms with Crippen LogP contribution in [-0.4, -0.2) is 34.3 Å². The van der Waals surface area contributed by atoms with E-state index >= 15 is 0 Å². The lowest BCUT2D eigenvalue weighted by Crippen LogP contribution is -2.49. The molecule has 1 saturated heterocycles. The summed E-state index contributed by atoms with van der Waals surface area (Å²) in [4.78, 5) is 22.5. The Hall–Kier alpha value is -3.47. The molecule has 0 aliphatic carbocycles. The molecule has 4 rings (SSSR count). The monoisotopic (exact) mass is 366 g/mol. The Morgan fingerprint density at radius 3 is 2.89 bits per heavy atom. The second-order valence-electron chi connectivity index (χ2n) is 6.51. The summed E-state index contributed by atoms with van der Waals surface area (Å²) in [6.45, 7) is 2.70. The van der Waals surface area contributed by atoms with Crippen LogP contribution in [0.1, 0.15) is 17.7 Å². The molecule has 2 aliphatic rings.